The number of benzene rings is 2. The van der Waals surface area contributed by atoms with E-state index in [0.717, 1.165) is 25.7 Å². The van der Waals surface area contributed by atoms with Crippen molar-refractivity contribution in [2.45, 2.75) is 25.7 Å². The summed E-state index contributed by atoms with van der Waals surface area (Å²) < 4.78 is 0. The number of carbonyl (C=O) groups excluding carboxylic acids is 2. The third-order valence-corrected chi connectivity index (χ3v) is 4.94. The third kappa shape index (κ3) is 19.5. The first-order valence-corrected chi connectivity index (χ1v) is 12.6. The van der Waals surface area contributed by atoms with Crippen molar-refractivity contribution >= 4 is 71.2 Å². The van der Waals surface area contributed by atoms with Gasteiger partial charge in [0, 0.05) is 34.5 Å². The van der Waals surface area contributed by atoms with Crippen LogP contribution in [0.1, 0.15) is 25.7 Å². The quantitative estimate of drug-likeness (QED) is 0.116. The van der Waals surface area contributed by atoms with Crippen LogP contribution < -0.4 is 43.4 Å². The molecule has 0 aliphatic rings. The second kappa shape index (κ2) is 21.4. The largest absolute Gasteiger partial charge is 0.356 e. The van der Waals surface area contributed by atoms with Gasteiger partial charge in [0.1, 0.15) is 6.79 Å². The summed E-state index contributed by atoms with van der Waals surface area (Å²) in [5, 5.41) is 49.5. The summed E-state index contributed by atoms with van der Waals surface area (Å²) in [6.45, 7) is 3.25. The Bertz CT molecular complexity index is 999. The lowest BCUT2D eigenvalue weighted by Gasteiger charge is -2.13. The minimum atomic E-state index is -0.833. The molecule has 14 nitrogen and oxygen atoms in total. The maximum Gasteiger partial charge on any atom is 0.309 e. The van der Waals surface area contributed by atoms with Gasteiger partial charge >= 0.3 is 6.03 Å². The van der Waals surface area contributed by atoms with Crippen molar-refractivity contribution < 1.29 is 9.59 Å². The molecular weight excluding hydrogens is 559 g/mol. The van der Waals surface area contributed by atoms with Crippen LogP contribution in [0.15, 0.2) is 48.5 Å². The van der Waals surface area contributed by atoms with E-state index < -0.39 is 6.03 Å². The van der Waals surface area contributed by atoms with Crippen LogP contribution in [-0.2, 0) is 4.79 Å². The van der Waals surface area contributed by atoms with Gasteiger partial charge in [0.05, 0.1) is 0 Å². The van der Waals surface area contributed by atoms with E-state index in [2.05, 4.69) is 43.4 Å². The molecule has 0 spiro atoms. The molecule has 0 unspecified atom stereocenters. The number of unbranched alkanes of at least 4 members (excludes halogenated alkanes) is 3. The van der Waals surface area contributed by atoms with Crippen LogP contribution in [-0.4, -0.2) is 49.7 Å². The summed E-state index contributed by atoms with van der Waals surface area (Å²) in [4.78, 5) is 17.0. The van der Waals surface area contributed by atoms with E-state index in [1.54, 1.807) is 48.5 Å². The first-order chi connectivity index (χ1) is 19.0. The SMILES string of the molecule is C=O.N=C(NCCCCCCNC(=N)NC(=N)Nc1ccc(Cl)cc1)NC(=N)Nc1ccc(Cl)cc1.NC(N)=O. The smallest absolute Gasteiger partial charge is 0.309 e. The fourth-order valence-electron chi connectivity index (χ4n) is 2.79. The van der Waals surface area contributed by atoms with Crippen molar-refractivity contribution in [3.63, 3.8) is 0 Å². The Morgan fingerprint density at radius 3 is 1.23 bits per heavy atom. The number of halogens is 2. The zero-order valence-corrected chi connectivity index (χ0v) is 23.3. The van der Waals surface area contributed by atoms with E-state index in [9.17, 15) is 0 Å². The first-order valence-electron chi connectivity index (χ1n) is 11.8. The first kappa shape index (κ1) is 35.4. The molecule has 0 bridgehead atoms. The average molecular weight is 596 g/mol. The van der Waals surface area contributed by atoms with Crippen molar-refractivity contribution in [3.8, 4) is 0 Å². The van der Waals surface area contributed by atoms with Gasteiger partial charge in [-0.15, -0.1) is 0 Å². The normalized spacial score (nSPS) is 9.25. The molecule has 0 aliphatic heterocycles. The molecule has 2 aromatic carbocycles. The zero-order valence-electron chi connectivity index (χ0n) is 21.8. The molecule has 2 amide bonds. The molecule has 40 heavy (non-hydrogen) atoms. The van der Waals surface area contributed by atoms with E-state index in [4.69, 9.17) is 54.4 Å². The molecule has 0 radical (unpaired) electrons. The fourth-order valence-corrected chi connectivity index (χ4v) is 3.04. The van der Waals surface area contributed by atoms with Gasteiger partial charge in [-0.3, -0.25) is 32.3 Å². The number of nitrogens with one attached hydrogen (secondary N) is 10. The Morgan fingerprint density at radius 1 is 0.625 bits per heavy atom. The molecule has 0 saturated carbocycles. The number of primary amides is 2. The molecule has 16 heteroatoms. The van der Waals surface area contributed by atoms with Crippen molar-refractivity contribution in [2.24, 2.45) is 11.5 Å². The maximum absolute atomic E-state index is 9.00. The summed E-state index contributed by atoms with van der Waals surface area (Å²) >= 11 is 11.7. The summed E-state index contributed by atoms with van der Waals surface area (Å²) in [7, 11) is 0. The average Bonchev–Trinajstić information content (AvgIpc) is 2.89. The second-order valence-corrected chi connectivity index (χ2v) is 8.56. The molecule has 2 rings (SSSR count). The molecule has 0 aromatic heterocycles. The predicted octanol–water partition coefficient (Wildman–Crippen LogP) is 3.01. The Balaban J connectivity index is 0.00000232. The van der Waals surface area contributed by atoms with Crippen LogP contribution >= 0.6 is 23.2 Å². The summed E-state index contributed by atoms with van der Waals surface area (Å²) in [5.74, 6) is 0.112. The molecule has 0 atom stereocenters. The van der Waals surface area contributed by atoms with Crippen LogP contribution in [0, 0.1) is 21.6 Å². The molecular formula is C24H36Cl2N12O2. The van der Waals surface area contributed by atoms with E-state index in [-0.39, 0.29) is 23.8 Å². The number of anilines is 2. The van der Waals surface area contributed by atoms with Crippen LogP contribution in [0.2, 0.25) is 10.0 Å². The zero-order chi connectivity index (χ0) is 30.3. The van der Waals surface area contributed by atoms with Crippen LogP contribution in [0.25, 0.3) is 0 Å². The van der Waals surface area contributed by atoms with E-state index >= 15 is 0 Å². The molecule has 0 saturated heterocycles. The van der Waals surface area contributed by atoms with Gasteiger partial charge in [0.15, 0.2) is 23.8 Å². The number of hydrogen-bond acceptors (Lipinski definition) is 6. The molecule has 218 valence electrons. The topological polar surface area (TPSA) is 254 Å². The third-order valence-electron chi connectivity index (χ3n) is 4.43. The number of urea groups is 1. The Hall–Kier alpha value is -4.56. The van der Waals surface area contributed by atoms with Crippen LogP contribution in [0.4, 0.5) is 16.2 Å². The number of hydrogen-bond donors (Lipinski definition) is 12. The van der Waals surface area contributed by atoms with Gasteiger partial charge in [-0.05, 0) is 61.4 Å². The highest BCUT2D eigenvalue weighted by atomic mass is 35.5. The van der Waals surface area contributed by atoms with Gasteiger partial charge in [-0.25, -0.2) is 4.79 Å². The highest BCUT2D eigenvalue weighted by molar-refractivity contribution is 6.31. The molecule has 0 fully saturated rings. The highest BCUT2D eigenvalue weighted by Gasteiger charge is 2.03. The van der Waals surface area contributed by atoms with Crippen molar-refractivity contribution in [1.29, 1.82) is 21.6 Å². The summed E-state index contributed by atoms with van der Waals surface area (Å²) in [5.41, 5.74) is 9.92. The number of nitrogens with two attached hydrogens (primary N) is 2. The summed E-state index contributed by atoms with van der Waals surface area (Å²) in [6.07, 6.45) is 3.70. The number of guanidine groups is 4. The Labute approximate surface area is 243 Å². The van der Waals surface area contributed by atoms with Crippen LogP contribution in [0.3, 0.4) is 0 Å². The minimum Gasteiger partial charge on any atom is -0.356 e. The standard InChI is InChI=1S/C22H30Cl2N10.CH4N2O.CH2O/c23-15-5-9-17(10-6-15)31-21(27)33-19(25)29-13-3-1-2-4-14-30-20(26)34-22(28)32-18-11-7-16(24)8-12-18;2-1(3)4;1-2/h5-12H,1-4,13-14H2,(H5,25,27,29,31,33)(H5,26,28,30,32,34);(H4,2,3,4);1H2. The van der Waals surface area contributed by atoms with Crippen molar-refractivity contribution in [1.82, 2.24) is 21.3 Å². The number of carbonyl (C=O) groups is 2. The highest BCUT2D eigenvalue weighted by Crippen LogP contribution is 2.13. The second-order valence-electron chi connectivity index (χ2n) is 7.68. The molecule has 0 heterocycles. The Kier molecular flexibility index (Phi) is 18.9. The van der Waals surface area contributed by atoms with Gasteiger partial charge in [-0.1, -0.05) is 36.0 Å². The molecule has 14 N–H and O–H groups in total. The van der Waals surface area contributed by atoms with Gasteiger partial charge in [0.2, 0.25) is 0 Å². The van der Waals surface area contributed by atoms with Crippen LogP contribution in [0.5, 0.6) is 0 Å². The minimum absolute atomic E-state index is 0.00148. The predicted molar refractivity (Wildman–Crippen MR) is 163 cm³/mol. The number of rotatable bonds is 9. The van der Waals surface area contributed by atoms with Gasteiger partial charge in [-0.2, -0.15) is 0 Å². The van der Waals surface area contributed by atoms with E-state index in [1.807, 2.05) is 6.79 Å². The maximum atomic E-state index is 9.00. The van der Waals surface area contributed by atoms with Crippen molar-refractivity contribution in [3.05, 3.63) is 58.6 Å². The lowest BCUT2D eigenvalue weighted by atomic mass is 10.2. The monoisotopic (exact) mass is 594 g/mol. The molecule has 0 aliphatic carbocycles. The molecule has 2 aromatic rings. The lowest BCUT2D eigenvalue weighted by Crippen LogP contribution is -2.43. The summed E-state index contributed by atoms with van der Waals surface area (Å²) in [6, 6.07) is 13.1. The van der Waals surface area contributed by atoms with E-state index in [1.165, 1.54) is 0 Å². The number of amides is 2. The Morgan fingerprint density at radius 2 is 0.925 bits per heavy atom. The fraction of sp³-hybridized carbons (Fsp3) is 0.250. The van der Waals surface area contributed by atoms with Gasteiger partial charge < -0.3 is 37.5 Å². The lowest BCUT2D eigenvalue weighted by molar-refractivity contribution is -0.0980. The van der Waals surface area contributed by atoms with Crippen molar-refractivity contribution in [2.75, 3.05) is 23.7 Å². The van der Waals surface area contributed by atoms with E-state index in [0.29, 0.717) is 34.5 Å². The van der Waals surface area contributed by atoms with Gasteiger partial charge in [0.25, 0.3) is 0 Å².